The molecule has 0 aliphatic carbocycles. The second kappa shape index (κ2) is 6.97. The van der Waals surface area contributed by atoms with E-state index in [-0.39, 0.29) is 5.91 Å². The predicted octanol–water partition coefficient (Wildman–Crippen LogP) is 3.38. The van der Waals surface area contributed by atoms with E-state index in [1.165, 1.54) is 6.42 Å². The minimum atomic E-state index is 0.128. The van der Waals surface area contributed by atoms with Crippen LogP contribution in [0.4, 0.5) is 0 Å². The molecular formula is C18H22BrN3O. The molecule has 1 atom stereocenters. The van der Waals surface area contributed by atoms with E-state index < -0.39 is 0 Å². The average Bonchev–Trinajstić information content (AvgIpc) is 2.53. The molecule has 0 spiro atoms. The van der Waals surface area contributed by atoms with E-state index in [0.717, 1.165) is 52.7 Å². The van der Waals surface area contributed by atoms with Crippen LogP contribution in [-0.2, 0) is 0 Å². The van der Waals surface area contributed by atoms with Crippen molar-refractivity contribution in [3.63, 3.8) is 0 Å². The molecule has 1 aliphatic heterocycles. The van der Waals surface area contributed by atoms with E-state index in [4.69, 9.17) is 0 Å². The Labute approximate surface area is 145 Å². The van der Waals surface area contributed by atoms with Gasteiger partial charge in [-0.15, -0.1) is 0 Å². The Morgan fingerprint density at radius 1 is 1.43 bits per heavy atom. The van der Waals surface area contributed by atoms with Crippen LogP contribution in [0.15, 0.2) is 28.7 Å². The van der Waals surface area contributed by atoms with Gasteiger partial charge in [0.2, 0.25) is 0 Å². The SMILES string of the molecule is CNCC1CCCN(C(=O)c2cc(C)nc3cc(Br)ccc23)C1. The highest BCUT2D eigenvalue weighted by Crippen LogP contribution is 2.25. The molecule has 1 saturated heterocycles. The molecule has 1 aromatic carbocycles. The Morgan fingerprint density at radius 3 is 3.04 bits per heavy atom. The summed E-state index contributed by atoms with van der Waals surface area (Å²) in [6, 6.07) is 7.84. The van der Waals surface area contributed by atoms with Gasteiger partial charge in [0.15, 0.2) is 0 Å². The van der Waals surface area contributed by atoms with Gasteiger partial charge in [-0.25, -0.2) is 0 Å². The van der Waals surface area contributed by atoms with Crippen molar-refractivity contribution in [1.29, 1.82) is 0 Å². The number of benzene rings is 1. The number of pyridine rings is 1. The molecule has 1 fully saturated rings. The minimum Gasteiger partial charge on any atom is -0.338 e. The van der Waals surface area contributed by atoms with Gasteiger partial charge in [0, 0.05) is 28.6 Å². The zero-order chi connectivity index (χ0) is 16.4. The number of nitrogens with one attached hydrogen (secondary N) is 1. The third kappa shape index (κ3) is 3.56. The lowest BCUT2D eigenvalue weighted by Gasteiger charge is -2.33. The number of carbonyl (C=O) groups is 1. The van der Waals surface area contributed by atoms with Gasteiger partial charge in [-0.05, 0) is 57.5 Å². The maximum Gasteiger partial charge on any atom is 0.254 e. The summed E-state index contributed by atoms with van der Waals surface area (Å²) in [7, 11) is 1.97. The smallest absolute Gasteiger partial charge is 0.254 e. The van der Waals surface area contributed by atoms with E-state index in [1.807, 2.05) is 43.1 Å². The number of amides is 1. The van der Waals surface area contributed by atoms with Gasteiger partial charge in [-0.3, -0.25) is 9.78 Å². The lowest BCUT2D eigenvalue weighted by molar-refractivity contribution is 0.0676. The molecule has 1 unspecified atom stereocenters. The second-order valence-corrected chi connectivity index (χ2v) is 7.21. The number of likely N-dealkylation sites (tertiary alicyclic amines) is 1. The first-order valence-electron chi connectivity index (χ1n) is 8.09. The summed E-state index contributed by atoms with van der Waals surface area (Å²) in [6.45, 7) is 4.58. The van der Waals surface area contributed by atoms with E-state index in [2.05, 4.69) is 26.2 Å². The van der Waals surface area contributed by atoms with E-state index >= 15 is 0 Å². The van der Waals surface area contributed by atoms with E-state index in [9.17, 15) is 4.79 Å². The molecule has 23 heavy (non-hydrogen) atoms. The molecule has 0 radical (unpaired) electrons. The molecule has 122 valence electrons. The lowest BCUT2D eigenvalue weighted by Crippen LogP contribution is -2.42. The fourth-order valence-corrected chi connectivity index (χ4v) is 3.74. The van der Waals surface area contributed by atoms with Gasteiger partial charge < -0.3 is 10.2 Å². The number of nitrogens with zero attached hydrogens (tertiary/aromatic N) is 2. The third-order valence-corrected chi connectivity index (χ3v) is 4.92. The summed E-state index contributed by atoms with van der Waals surface area (Å²) in [5.74, 6) is 0.671. The van der Waals surface area contributed by atoms with Crippen LogP contribution in [-0.4, -0.2) is 42.5 Å². The van der Waals surface area contributed by atoms with E-state index in [0.29, 0.717) is 5.92 Å². The van der Waals surface area contributed by atoms with Crippen LogP contribution in [0.25, 0.3) is 10.9 Å². The molecule has 1 amide bonds. The van der Waals surface area contributed by atoms with Crippen LogP contribution < -0.4 is 5.32 Å². The number of aromatic nitrogens is 1. The van der Waals surface area contributed by atoms with Crippen LogP contribution in [0.3, 0.4) is 0 Å². The summed E-state index contributed by atoms with van der Waals surface area (Å²) < 4.78 is 0.980. The van der Waals surface area contributed by atoms with Gasteiger partial charge in [0.05, 0.1) is 11.1 Å². The highest BCUT2D eigenvalue weighted by Gasteiger charge is 2.25. The molecule has 1 aliphatic rings. The Bertz CT molecular complexity index is 724. The Kier molecular flexibility index (Phi) is 4.97. The number of carbonyl (C=O) groups excluding carboxylic acids is 1. The van der Waals surface area contributed by atoms with Crippen molar-refractivity contribution in [2.75, 3.05) is 26.7 Å². The molecule has 0 bridgehead atoms. The largest absolute Gasteiger partial charge is 0.338 e. The Hall–Kier alpha value is -1.46. The fourth-order valence-electron chi connectivity index (χ4n) is 3.39. The van der Waals surface area contributed by atoms with Crippen molar-refractivity contribution >= 4 is 32.7 Å². The third-order valence-electron chi connectivity index (χ3n) is 4.43. The van der Waals surface area contributed by atoms with Crippen molar-refractivity contribution in [3.8, 4) is 0 Å². The molecule has 0 saturated carbocycles. The van der Waals surface area contributed by atoms with Crippen LogP contribution in [0, 0.1) is 12.8 Å². The number of halogens is 1. The zero-order valence-electron chi connectivity index (χ0n) is 13.6. The highest BCUT2D eigenvalue weighted by molar-refractivity contribution is 9.10. The quantitative estimate of drug-likeness (QED) is 0.894. The zero-order valence-corrected chi connectivity index (χ0v) is 15.2. The maximum absolute atomic E-state index is 13.1. The number of aryl methyl sites for hydroxylation is 1. The summed E-state index contributed by atoms with van der Waals surface area (Å²) in [5.41, 5.74) is 2.51. The average molecular weight is 376 g/mol. The number of hydrogen-bond acceptors (Lipinski definition) is 3. The van der Waals surface area contributed by atoms with Gasteiger partial charge in [-0.1, -0.05) is 22.0 Å². The molecule has 2 aromatic rings. The van der Waals surface area contributed by atoms with Crippen molar-refractivity contribution < 1.29 is 4.79 Å². The minimum absolute atomic E-state index is 0.128. The number of fused-ring (bicyclic) bond motifs is 1. The van der Waals surface area contributed by atoms with Crippen LogP contribution in [0.1, 0.15) is 28.9 Å². The maximum atomic E-state index is 13.1. The van der Waals surface area contributed by atoms with Crippen molar-refractivity contribution in [1.82, 2.24) is 15.2 Å². The standard InChI is InChI=1S/C18H22BrN3O/c1-12-8-16(15-6-5-14(19)9-17(15)21-12)18(23)22-7-3-4-13(11-22)10-20-2/h5-6,8-9,13,20H,3-4,7,10-11H2,1-2H3. The van der Waals surface area contributed by atoms with Crippen LogP contribution in [0.2, 0.25) is 0 Å². The molecule has 1 N–H and O–H groups in total. The molecule has 5 heteroatoms. The van der Waals surface area contributed by atoms with Gasteiger partial charge in [0.1, 0.15) is 0 Å². The van der Waals surface area contributed by atoms with Gasteiger partial charge >= 0.3 is 0 Å². The fraction of sp³-hybridized carbons (Fsp3) is 0.444. The van der Waals surface area contributed by atoms with Crippen LogP contribution >= 0.6 is 15.9 Å². The number of hydrogen-bond donors (Lipinski definition) is 1. The Balaban J connectivity index is 1.94. The first kappa shape index (κ1) is 16.4. The summed E-state index contributed by atoms with van der Waals surface area (Å²) in [4.78, 5) is 19.6. The topological polar surface area (TPSA) is 45.2 Å². The van der Waals surface area contributed by atoms with Crippen molar-refractivity contribution in [2.45, 2.75) is 19.8 Å². The lowest BCUT2D eigenvalue weighted by atomic mass is 9.96. The van der Waals surface area contributed by atoms with Gasteiger partial charge in [0.25, 0.3) is 5.91 Å². The first-order valence-corrected chi connectivity index (χ1v) is 8.88. The van der Waals surface area contributed by atoms with E-state index in [1.54, 1.807) is 0 Å². The highest BCUT2D eigenvalue weighted by atomic mass is 79.9. The van der Waals surface area contributed by atoms with Crippen molar-refractivity contribution in [2.24, 2.45) is 5.92 Å². The number of piperidine rings is 1. The second-order valence-electron chi connectivity index (χ2n) is 6.29. The summed E-state index contributed by atoms with van der Waals surface area (Å²) >= 11 is 3.48. The molecule has 1 aromatic heterocycles. The summed E-state index contributed by atoms with van der Waals surface area (Å²) in [5, 5.41) is 4.16. The molecular weight excluding hydrogens is 354 g/mol. The molecule has 3 rings (SSSR count). The monoisotopic (exact) mass is 375 g/mol. The first-order chi connectivity index (χ1) is 11.1. The number of rotatable bonds is 3. The van der Waals surface area contributed by atoms with Crippen LogP contribution in [0.5, 0.6) is 0 Å². The van der Waals surface area contributed by atoms with Crippen molar-refractivity contribution in [3.05, 3.63) is 40.0 Å². The van der Waals surface area contributed by atoms with Gasteiger partial charge in [-0.2, -0.15) is 0 Å². The Morgan fingerprint density at radius 2 is 2.26 bits per heavy atom. The normalized spacial score (nSPS) is 18.4. The molecule has 2 heterocycles. The molecule has 4 nitrogen and oxygen atoms in total. The predicted molar refractivity (Wildman–Crippen MR) is 96.7 cm³/mol. The summed E-state index contributed by atoms with van der Waals surface area (Å²) in [6.07, 6.45) is 2.26.